The highest BCUT2D eigenvalue weighted by Crippen LogP contribution is 2.33. The van der Waals surface area contributed by atoms with Crippen molar-refractivity contribution in [2.24, 2.45) is 5.73 Å². The largest absolute Gasteiger partial charge is 0.318 e. The molecule has 0 radical (unpaired) electrons. The average molecular weight is 277 g/mol. The molecule has 3 rings (SSSR count). The molecule has 0 spiro atoms. The first-order valence-electron chi connectivity index (χ1n) is 6.67. The van der Waals surface area contributed by atoms with Crippen LogP contribution in [0.5, 0.6) is 0 Å². The van der Waals surface area contributed by atoms with Gasteiger partial charge in [0.25, 0.3) is 0 Å². The zero-order valence-corrected chi connectivity index (χ0v) is 11.4. The molecular formula is C14H17ClN4. The van der Waals surface area contributed by atoms with Crippen LogP contribution in [-0.4, -0.2) is 14.8 Å². The SMILES string of the molecule is N[C@H](c1ccccc1Cl)c1nncn1C1CCCC1. The topological polar surface area (TPSA) is 56.7 Å². The van der Waals surface area contributed by atoms with Gasteiger partial charge in [-0.2, -0.15) is 0 Å². The van der Waals surface area contributed by atoms with Crippen molar-refractivity contribution in [2.75, 3.05) is 0 Å². The molecule has 0 amide bonds. The third kappa shape index (κ3) is 2.38. The maximum atomic E-state index is 6.32. The molecule has 5 heteroatoms. The Kier molecular flexibility index (Phi) is 3.53. The van der Waals surface area contributed by atoms with Gasteiger partial charge in [0.2, 0.25) is 0 Å². The first kappa shape index (κ1) is 12.6. The van der Waals surface area contributed by atoms with Crippen LogP contribution in [0.1, 0.15) is 49.2 Å². The highest BCUT2D eigenvalue weighted by atomic mass is 35.5. The molecule has 19 heavy (non-hydrogen) atoms. The molecule has 2 aromatic rings. The quantitative estimate of drug-likeness (QED) is 0.937. The van der Waals surface area contributed by atoms with Gasteiger partial charge >= 0.3 is 0 Å². The Hall–Kier alpha value is -1.39. The molecule has 1 saturated carbocycles. The van der Waals surface area contributed by atoms with Crippen LogP contribution in [0.15, 0.2) is 30.6 Å². The Morgan fingerprint density at radius 1 is 1.26 bits per heavy atom. The van der Waals surface area contributed by atoms with Crippen molar-refractivity contribution in [3.05, 3.63) is 47.0 Å². The van der Waals surface area contributed by atoms with Crippen molar-refractivity contribution in [3.8, 4) is 0 Å². The Morgan fingerprint density at radius 2 is 2.00 bits per heavy atom. The second kappa shape index (κ2) is 5.31. The van der Waals surface area contributed by atoms with Gasteiger partial charge in [-0.3, -0.25) is 0 Å². The highest BCUT2D eigenvalue weighted by Gasteiger charge is 2.24. The number of hydrogen-bond acceptors (Lipinski definition) is 3. The van der Waals surface area contributed by atoms with Gasteiger partial charge in [-0.15, -0.1) is 10.2 Å². The first-order chi connectivity index (χ1) is 9.27. The number of halogens is 1. The molecule has 0 aliphatic heterocycles. The molecule has 1 aromatic heterocycles. The minimum atomic E-state index is -0.322. The molecule has 0 saturated heterocycles. The summed E-state index contributed by atoms with van der Waals surface area (Å²) in [6.07, 6.45) is 6.69. The van der Waals surface area contributed by atoms with Crippen molar-refractivity contribution in [1.29, 1.82) is 0 Å². The van der Waals surface area contributed by atoms with Crippen molar-refractivity contribution >= 4 is 11.6 Å². The maximum absolute atomic E-state index is 6.32. The lowest BCUT2D eigenvalue weighted by atomic mass is 10.1. The molecule has 1 aliphatic rings. The standard InChI is InChI=1S/C14H17ClN4/c15-12-8-4-3-7-11(12)13(16)14-18-17-9-19(14)10-5-1-2-6-10/h3-4,7-10,13H,1-2,5-6,16H2/t13-/m1/s1. The third-order valence-electron chi connectivity index (χ3n) is 3.84. The Balaban J connectivity index is 1.94. The van der Waals surface area contributed by atoms with Gasteiger partial charge in [0.05, 0.1) is 6.04 Å². The van der Waals surface area contributed by atoms with Crippen LogP contribution < -0.4 is 5.73 Å². The van der Waals surface area contributed by atoms with Gasteiger partial charge in [0.1, 0.15) is 6.33 Å². The molecule has 1 aliphatic carbocycles. The van der Waals surface area contributed by atoms with E-state index in [1.54, 1.807) is 6.33 Å². The summed E-state index contributed by atoms with van der Waals surface area (Å²) in [5.74, 6) is 0.806. The zero-order valence-electron chi connectivity index (χ0n) is 10.7. The lowest BCUT2D eigenvalue weighted by molar-refractivity contribution is 0.487. The molecule has 0 unspecified atom stereocenters. The summed E-state index contributed by atoms with van der Waals surface area (Å²) >= 11 is 6.21. The molecule has 1 heterocycles. The lowest BCUT2D eigenvalue weighted by Crippen LogP contribution is -2.20. The van der Waals surface area contributed by atoms with E-state index in [1.807, 2.05) is 24.3 Å². The normalized spacial score (nSPS) is 17.8. The molecule has 1 fully saturated rings. The van der Waals surface area contributed by atoms with Crippen molar-refractivity contribution in [3.63, 3.8) is 0 Å². The number of rotatable bonds is 3. The second-order valence-corrected chi connectivity index (χ2v) is 5.44. The first-order valence-corrected chi connectivity index (χ1v) is 7.04. The summed E-state index contributed by atoms with van der Waals surface area (Å²) in [4.78, 5) is 0. The predicted molar refractivity (Wildman–Crippen MR) is 75.0 cm³/mol. The molecular weight excluding hydrogens is 260 g/mol. The highest BCUT2D eigenvalue weighted by molar-refractivity contribution is 6.31. The summed E-state index contributed by atoms with van der Waals surface area (Å²) in [6.45, 7) is 0. The molecule has 1 aromatic carbocycles. The monoisotopic (exact) mass is 276 g/mol. The van der Waals surface area contributed by atoms with Crippen LogP contribution in [-0.2, 0) is 0 Å². The minimum Gasteiger partial charge on any atom is -0.318 e. The zero-order chi connectivity index (χ0) is 13.2. The van der Waals surface area contributed by atoms with E-state index in [4.69, 9.17) is 17.3 Å². The van der Waals surface area contributed by atoms with Crippen LogP contribution >= 0.6 is 11.6 Å². The number of nitrogens with zero attached hydrogens (tertiary/aromatic N) is 3. The van der Waals surface area contributed by atoms with Crippen molar-refractivity contribution < 1.29 is 0 Å². The number of aromatic nitrogens is 3. The number of benzene rings is 1. The summed E-state index contributed by atoms with van der Waals surface area (Å²) in [5.41, 5.74) is 7.22. The number of nitrogens with two attached hydrogens (primary N) is 1. The van der Waals surface area contributed by atoms with Crippen LogP contribution in [0.25, 0.3) is 0 Å². The van der Waals surface area contributed by atoms with E-state index in [0.717, 1.165) is 11.4 Å². The van der Waals surface area contributed by atoms with Gasteiger partial charge in [-0.25, -0.2) is 0 Å². The fourth-order valence-corrected chi connectivity index (χ4v) is 3.06. The van der Waals surface area contributed by atoms with Gasteiger partial charge in [-0.05, 0) is 24.5 Å². The van der Waals surface area contributed by atoms with Gasteiger partial charge in [-0.1, -0.05) is 42.6 Å². The summed E-state index contributed by atoms with van der Waals surface area (Å²) in [5, 5.41) is 8.92. The summed E-state index contributed by atoms with van der Waals surface area (Å²) in [6, 6.07) is 7.81. The van der Waals surface area contributed by atoms with Gasteiger partial charge in [0, 0.05) is 11.1 Å². The summed E-state index contributed by atoms with van der Waals surface area (Å²) in [7, 11) is 0. The van der Waals surface area contributed by atoms with Crippen molar-refractivity contribution in [1.82, 2.24) is 14.8 Å². The van der Waals surface area contributed by atoms with Gasteiger partial charge < -0.3 is 10.3 Å². The fourth-order valence-electron chi connectivity index (χ4n) is 2.80. The Labute approximate surface area is 117 Å². The van der Waals surface area contributed by atoms with E-state index >= 15 is 0 Å². The van der Waals surface area contributed by atoms with E-state index in [2.05, 4.69) is 14.8 Å². The van der Waals surface area contributed by atoms with E-state index in [9.17, 15) is 0 Å². The van der Waals surface area contributed by atoms with E-state index < -0.39 is 0 Å². The number of hydrogen-bond donors (Lipinski definition) is 1. The second-order valence-electron chi connectivity index (χ2n) is 5.03. The molecule has 2 N–H and O–H groups in total. The van der Waals surface area contributed by atoms with E-state index in [1.165, 1.54) is 25.7 Å². The average Bonchev–Trinajstić information content (AvgIpc) is 3.09. The van der Waals surface area contributed by atoms with Crippen LogP contribution in [0.2, 0.25) is 5.02 Å². The third-order valence-corrected chi connectivity index (χ3v) is 4.18. The molecule has 100 valence electrons. The van der Waals surface area contributed by atoms with E-state index in [-0.39, 0.29) is 6.04 Å². The lowest BCUT2D eigenvalue weighted by Gasteiger charge is -2.18. The minimum absolute atomic E-state index is 0.322. The Morgan fingerprint density at radius 3 is 2.74 bits per heavy atom. The van der Waals surface area contributed by atoms with Crippen LogP contribution in [0.4, 0.5) is 0 Å². The molecule has 4 nitrogen and oxygen atoms in total. The summed E-state index contributed by atoms with van der Waals surface area (Å²) < 4.78 is 2.13. The van der Waals surface area contributed by atoms with E-state index in [0.29, 0.717) is 11.1 Å². The molecule has 0 bridgehead atoms. The van der Waals surface area contributed by atoms with Crippen molar-refractivity contribution in [2.45, 2.75) is 37.8 Å². The Bertz CT molecular complexity index is 560. The molecule has 1 atom stereocenters. The van der Waals surface area contributed by atoms with Crippen LogP contribution in [0, 0.1) is 0 Å². The van der Waals surface area contributed by atoms with Crippen LogP contribution in [0.3, 0.4) is 0 Å². The fraction of sp³-hybridized carbons (Fsp3) is 0.429. The smallest absolute Gasteiger partial charge is 0.154 e. The van der Waals surface area contributed by atoms with Gasteiger partial charge in [0.15, 0.2) is 5.82 Å². The maximum Gasteiger partial charge on any atom is 0.154 e. The predicted octanol–water partition coefficient (Wildman–Crippen LogP) is 3.09.